The molecule has 3 aromatic rings. The molecular weight excluding hydrogens is 470 g/mol. The molecule has 0 fully saturated rings. The molecule has 198 valence electrons. The fraction of sp³-hybridized carbons (Fsp3) is 0.345. The Hall–Kier alpha value is -3.91. The summed E-state index contributed by atoms with van der Waals surface area (Å²) >= 11 is 0. The minimum absolute atomic E-state index is 0.0966. The molecule has 0 saturated heterocycles. The topological polar surface area (TPSA) is 95.3 Å². The number of nitrogens with one attached hydrogen (secondary N) is 1. The van der Waals surface area contributed by atoms with Crippen molar-refractivity contribution in [2.45, 2.75) is 19.3 Å². The van der Waals surface area contributed by atoms with Crippen LogP contribution in [0.25, 0.3) is 0 Å². The number of ether oxygens (including phenoxy) is 4. The maximum absolute atomic E-state index is 13.4. The minimum atomic E-state index is -0.0966. The number of amides is 1. The third-order valence-electron chi connectivity index (χ3n) is 6.08. The summed E-state index contributed by atoms with van der Waals surface area (Å²) in [7, 11) is 6.45. The Morgan fingerprint density at radius 1 is 0.757 bits per heavy atom. The smallest absolute Gasteiger partial charge is 0.258 e. The Morgan fingerprint density at radius 2 is 1.35 bits per heavy atom. The number of hydrogen-bond donors (Lipinski definition) is 2. The summed E-state index contributed by atoms with van der Waals surface area (Å²) in [6.07, 6.45) is 2.70. The normalized spacial score (nSPS) is 10.6. The number of benzene rings is 3. The number of carbonyl (C=O) groups excluding carboxylic acids is 1. The van der Waals surface area contributed by atoms with Crippen LogP contribution < -0.4 is 34.9 Å². The first-order valence-corrected chi connectivity index (χ1v) is 12.3. The number of anilines is 2. The van der Waals surface area contributed by atoms with E-state index in [-0.39, 0.29) is 5.91 Å². The molecule has 0 bridgehead atoms. The van der Waals surface area contributed by atoms with Crippen molar-refractivity contribution in [2.75, 3.05) is 58.7 Å². The molecule has 0 saturated carbocycles. The standard InChI is InChI=1S/C29H37N3O5/c1-34-25-14-8-21(19-27(25)36-3)7-5-16-31-17-6-18-32(29(33)22-9-11-23(30)12-10-22)24-13-15-26(35-2)28(20-24)37-4/h8-15,19-20,31H,5-7,16-18,30H2,1-4H3. The van der Waals surface area contributed by atoms with Crippen LogP contribution in [0, 0.1) is 0 Å². The fourth-order valence-corrected chi connectivity index (χ4v) is 4.06. The monoisotopic (exact) mass is 507 g/mol. The van der Waals surface area contributed by atoms with E-state index in [0.29, 0.717) is 29.3 Å². The molecule has 0 spiro atoms. The highest BCUT2D eigenvalue weighted by Crippen LogP contribution is 2.32. The second-order valence-electron chi connectivity index (χ2n) is 8.51. The molecule has 3 N–H and O–H groups in total. The number of nitrogens with zero attached hydrogens (tertiary/aromatic N) is 1. The first-order valence-electron chi connectivity index (χ1n) is 12.3. The van der Waals surface area contributed by atoms with Crippen LogP contribution >= 0.6 is 0 Å². The van der Waals surface area contributed by atoms with Gasteiger partial charge in [0.05, 0.1) is 28.4 Å². The van der Waals surface area contributed by atoms with Gasteiger partial charge in [0.2, 0.25) is 0 Å². The molecule has 0 unspecified atom stereocenters. The molecule has 1 amide bonds. The van der Waals surface area contributed by atoms with Crippen LogP contribution in [-0.2, 0) is 6.42 Å². The summed E-state index contributed by atoms with van der Waals surface area (Å²) in [6.45, 7) is 2.20. The number of rotatable bonds is 14. The largest absolute Gasteiger partial charge is 0.493 e. The zero-order valence-electron chi connectivity index (χ0n) is 22.1. The molecule has 8 heteroatoms. The predicted molar refractivity (Wildman–Crippen MR) is 147 cm³/mol. The summed E-state index contributed by atoms with van der Waals surface area (Å²) in [5.41, 5.74) is 8.95. The Balaban J connectivity index is 1.57. The zero-order chi connectivity index (χ0) is 26.6. The molecular formula is C29H37N3O5. The van der Waals surface area contributed by atoms with Crippen molar-refractivity contribution in [3.8, 4) is 23.0 Å². The van der Waals surface area contributed by atoms with E-state index in [4.69, 9.17) is 24.7 Å². The van der Waals surface area contributed by atoms with E-state index in [0.717, 1.165) is 49.5 Å². The second kappa shape index (κ2) is 14.0. The third kappa shape index (κ3) is 7.54. The van der Waals surface area contributed by atoms with Gasteiger partial charge in [0.15, 0.2) is 23.0 Å². The highest BCUT2D eigenvalue weighted by molar-refractivity contribution is 6.06. The summed E-state index contributed by atoms with van der Waals surface area (Å²) in [5.74, 6) is 2.57. The van der Waals surface area contributed by atoms with E-state index >= 15 is 0 Å². The predicted octanol–water partition coefficient (Wildman–Crippen LogP) is 4.56. The Labute approximate surface area is 219 Å². The zero-order valence-corrected chi connectivity index (χ0v) is 22.1. The molecule has 37 heavy (non-hydrogen) atoms. The molecule has 0 radical (unpaired) electrons. The molecule has 8 nitrogen and oxygen atoms in total. The minimum Gasteiger partial charge on any atom is -0.493 e. The molecule has 3 rings (SSSR count). The second-order valence-corrected chi connectivity index (χ2v) is 8.51. The maximum atomic E-state index is 13.4. The highest BCUT2D eigenvalue weighted by atomic mass is 16.5. The van der Waals surface area contributed by atoms with Crippen molar-refractivity contribution in [1.82, 2.24) is 5.32 Å². The van der Waals surface area contributed by atoms with E-state index in [2.05, 4.69) is 11.4 Å². The Morgan fingerprint density at radius 3 is 2.00 bits per heavy atom. The van der Waals surface area contributed by atoms with E-state index in [1.54, 1.807) is 57.6 Å². The average Bonchev–Trinajstić information content (AvgIpc) is 2.94. The van der Waals surface area contributed by atoms with Gasteiger partial charge in [0.1, 0.15) is 0 Å². The number of aryl methyl sites for hydroxylation is 1. The van der Waals surface area contributed by atoms with Crippen molar-refractivity contribution in [3.63, 3.8) is 0 Å². The van der Waals surface area contributed by atoms with Gasteiger partial charge in [-0.1, -0.05) is 6.07 Å². The molecule has 0 atom stereocenters. The fourth-order valence-electron chi connectivity index (χ4n) is 4.06. The van der Waals surface area contributed by atoms with E-state index in [9.17, 15) is 4.79 Å². The lowest BCUT2D eigenvalue weighted by Crippen LogP contribution is -2.33. The van der Waals surface area contributed by atoms with Crippen molar-refractivity contribution < 1.29 is 23.7 Å². The van der Waals surface area contributed by atoms with E-state index in [1.807, 2.05) is 30.3 Å². The summed E-state index contributed by atoms with van der Waals surface area (Å²) < 4.78 is 21.5. The van der Waals surface area contributed by atoms with Gasteiger partial charge in [-0.2, -0.15) is 0 Å². The van der Waals surface area contributed by atoms with Crippen molar-refractivity contribution in [2.24, 2.45) is 0 Å². The van der Waals surface area contributed by atoms with Crippen LogP contribution in [0.5, 0.6) is 23.0 Å². The van der Waals surface area contributed by atoms with Crippen molar-refractivity contribution in [1.29, 1.82) is 0 Å². The van der Waals surface area contributed by atoms with Gasteiger partial charge < -0.3 is 34.9 Å². The van der Waals surface area contributed by atoms with Gasteiger partial charge >= 0.3 is 0 Å². The van der Waals surface area contributed by atoms with Gasteiger partial charge in [-0.05, 0) is 86.4 Å². The number of carbonyl (C=O) groups is 1. The van der Waals surface area contributed by atoms with Crippen LogP contribution in [0.1, 0.15) is 28.8 Å². The summed E-state index contributed by atoms with van der Waals surface area (Å²) in [6, 6.07) is 18.5. The van der Waals surface area contributed by atoms with Gasteiger partial charge in [0, 0.05) is 29.5 Å². The molecule has 0 aliphatic heterocycles. The lowest BCUT2D eigenvalue weighted by molar-refractivity contribution is 0.0986. The van der Waals surface area contributed by atoms with Crippen molar-refractivity contribution >= 4 is 17.3 Å². The highest BCUT2D eigenvalue weighted by Gasteiger charge is 2.19. The Kier molecular flexibility index (Phi) is 10.5. The molecule has 0 aliphatic carbocycles. The Bertz CT molecular complexity index is 1150. The number of methoxy groups -OCH3 is 4. The van der Waals surface area contributed by atoms with Gasteiger partial charge in [-0.25, -0.2) is 0 Å². The van der Waals surface area contributed by atoms with Crippen LogP contribution in [0.3, 0.4) is 0 Å². The van der Waals surface area contributed by atoms with Crippen LogP contribution in [0.2, 0.25) is 0 Å². The number of nitrogen functional groups attached to an aromatic ring is 1. The average molecular weight is 508 g/mol. The summed E-state index contributed by atoms with van der Waals surface area (Å²) in [4.78, 5) is 15.2. The molecule has 3 aromatic carbocycles. The SMILES string of the molecule is COc1ccc(CCCNCCCN(C(=O)c2ccc(N)cc2)c2ccc(OC)c(OC)c2)cc1OC. The van der Waals surface area contributed by atoms with Crippen LogP contribution in [0.4, 0.5) is 11.4 Å². The van der Waals surface area contributed by atoms with Gasteiger partial charge in [0.25, 0.3) is 5.91 Å². The van der Waals surface area contributed by atoms with E-state index < -0.39 is 0 Å². The van der Waals surface area contributed by atoms with Crippen LogP contribution in [0.15, 0.2) is 60.7 Å². The lowest BCUT2D eigenvalue weighted by atomic mass is 10.1. The maximum Gasteiger partial charge on any atom is 0.258 e. The lowest BCUT2D eigenvalue weighted by Gasteiger charge is -2.24. The number of nitrogens with two attached hydrogens (primary N) is 1. The summed E-state index contributed by atoms with van der Waals surface area (Å²) in [5, 5.41) is 3.49. The quantitative estimate of drug-likeness (QED) is 0.244. The first kappa shape index (κ1) is 27.7. The first-order chi connectivity index (χ1) is 18.0. The molecule has 0 aromatic heterocycles. The number of hydrogen-bond acceptors (Lipinski definition) is 7. The van der Waals surface area contributed by atoms with Gasteiger partial charge in [-0.3, -0.25) is 4.79 Å². The van der Waals surface area contributed by atoms with E-state index in [1.165, 1.54) is 5.56 Å². The van der Waals surface area contributed by atoms with Crippen LogP contribution in [-0.4, -0.2) is 54.0 Å². The van der Waals surface area contributed by atoms with Crippen molar-refractivity contribution in [3.05, 3.63) is 71.8 Å². The van der Waals surface area contributed by atoms with Gasteiger partial charge in [-0.15, -0.1) is 0 Å². The third-order valence-corrected chi connectivity index (χ3v) is 6.08. The molecule has 0 heterocycles. The molecule has 0 aliphatic rings.